The van der Waals surface area contributed by atoms with Crippen LogP contribution >= 0.6 is 0 Å². The highest BCUT2D eigenvalue weighted by molar-refractivity contribution is 6.00. The minimum Gasteiger partial charge on any atom is -0.496 e. The third-order valence-electron chi connectivity index (χ3n) is 3.45. The van der Waals surface area contributed by atoms with Gasteiger partial charge in [0, 0.05) is 11.6 Å². The summed E-state index contributed by atoms with van der Waals surface area (Å²) in [4.78, 5) is 32.8. The van der Waals surface area contributed by atoms with Crippen LogP contribution in [0.3, 0.4) is 0 Å². The van der Waals surface area contributed by atoms with Crippen LogP contribution in [0.4, 0.5) is 5.69 Å². The summed E-state index contributed by atoms with van der Waals surface area (Å²) in [6.07, 6.45) is 0. The van der Waals surface area contributed by atoms with E-state index >= 15 is 0 Å². The molecular weight excluding hydrogens is 318 g/mol. The highest BCUT2D eigenvalue weighted by atomic mass is 16.6. The molecule has 0 radical (unpaired) electrons. The number of para-hydroxylation sites is 1. The van der Waals surface area contributed by atoms with Crippen LogP contribution < -0.4 is 4.74 Å². The smallest absolute Gasteiger partial charge is 0.322 e. The van der Waals surface area contributed by atoms with Crippen molar-refractivity contribution in [2.24, 2.45) is 0 Å². The SMILES string of the molecule is COc1ccccc1-c1ccc(C(C(=O)O)C(=O)O)c([N+](=O)[O-])c1. The second-order valence-corrected chi connectivity index (χ2v) is 4.84. The Kier molecular flexibility index (Phi) is 4.78. The lowest BCUT2D eigenvalue weighted by Crippen LogP contribution is -2.22. The first kappa shape index (κ1) is 16.9. The van der Waals surface area contributed by atoms with Gasteiger partial charge >= 0.3 is 11.9 Å². The summed E-state index contributed by atoms with van der Waals surface area (Å²) in [5.41, 5.74) is 0.0149. The summed E-state index contributed by atoms with van der Waals surface area (Å²) < 4.78 is 5.20. The number of nitrogens with zero attached hydrogens (tertiary/aromatic N) is 1. The molecule has 2 aromatic carbocycles. The van der Waals surface area contributed by atoms with E-state index in [0.29, 0.717) is 16.9 Å². The number of hydrogen-bond donors (Lipinski definition) is 2. The third-order valence-corrected chi connectivity index (χ3v) is 3.45. The maximum atomic E-state index is 11.3. The molecule has 0 aliphatic heterocycles. The molecule has 0 atom stereocenters. The van der Waals surface area contributed by atoms with Crippen LogP contribution in [0.25, 0.3) is 11.1 Å². The summed E-state index contributed by atoms with van der Waals surface area (Å²) in [5.74, 6) is -4.88. The number of carboxylic acids is 2. The van der Waals surface area contributed by atoms with E-state index in [0.717, 1.165) is 12.1 Å². The Labute approximate surface area is 136 Å². The van der Waals surface area contributed by atoms with Crippen LogP contribution in [0.5, 0.6) is 5.75 Å². The molecule has 0 unspecified atom stereocenters. The Bertz CT molecular complexity index is 802. The molecular formula is C16H13NO7. The lowest BCUT2D eigenvalue weighted by atomic mass is 9.94. The maximum Gasteiger partial charge on any atom is 0.322 e. The molecule has 0 fully saturated rings. The average molecular weight is 331 g/mol. The zero-order chi connectivity index (χ0) is 17.9. The number of methoxy groups -OCH3 is 1. The van der Waals surface area contributed by atoms with Crippen LogP contribution in [-0.4, -0.2) is 34.2 Å². The molecule has 0 saturated heterocycles. The van der Waals surface area contributed by atoms with E-state index in [1.54, 1.807) is 24.3 Å². The summed E-state index contributed by atoms with van der Waals surface area (Å²) in [5, 5.41) is 29.4. The summed E-state index contributed by atoms with van der Waals surface area (Å²) in [6, 6.07) is 10.5. The van der Waals surface area contributed by atoms with Crippen LogP contribution in [0.2, 0.25) is 0 Å². The van der Waals surface area contributed by atoms with E-state index in [-0.39, 0.29) is 0 Å². The molecule has 0 saturated carbocycles. The molecule has 0 spiro atoms. The predicted octanol–water partition coefficient (Wildman–Crippen LogP) is 2.52. The quantitative estimate of drug-likeness (QED) is 0.473. The van der Waals surface area contributed by atoms with Crippen LogP contribution in [0.15, 0.2) is 42.5 Å². The first-order chi connectivity index (χ1) is 11.4. The van der Waals surface area contributed by atoms with Gasteiger partial charge in [0.05, 0.1) is 17.6 Å². The zero-order valence-corrected chi connectivity index (χ0v) is 12.5. The van der Waals surface area contributed by atoms with Gasteiger partial charge in [-0.05, 0) is 11.6 Å². The predicted molar refractivity (Wildman–Crippen MR) is 83.1 cm³/mol. The number of benzene rings is 2. The number of nitro benzene ring substituents is 1. The van der Waals surface area contributed by atoms with E-state index in [9.17, 15) is 19.7 Å². The molecule has 0 aromatic heterocycles. The van der Waals surface area contributed by atoms with E-state index in [1.807, 2.05) is 0 Å². The van der Waals surface area contributed by atoms with Gasteiger partial charge in [-0.25, -0.2) is 0 Å². The van der Waals surface area contributed by atoms with Gasteiger partial charge in [-0.15, -0.1) is 0 Å². The van der Waals surface area contributed by atoms with Gasteiger partial charge in [0.2, 0.25) is 0 Å². The number of carboxylic acid groups (broad SMARTS) is 2. The van der Waals surface area contributed by atoms with Gasteiger partial charge in [0.15, 0.2) is 5.92 Å². The maximum absolute atomic E-state index is 11.3. The molecule has 8 nitrogen and oxygen atoms in total. The molecule has 8 heteroatoms. The largest absolute Gasteiger partial charge is 0.496 e. The molecule has 2 rings (SSSR count). The van der Waals surface area contributed by atoms with E-state index in [1.165, 1.54) is 13.2 Å². The number of nitro groups is 1. The van der Waals surface area contributed by atoms with Gasteiger partial charge in [-0.1, -0.05) is 30.3 Å². The van der Waals surface area contributed by atoms with Crippen LogP contribution in [-0.2, 0) is 9.59 Å². The van der Waals surface area contributed by atoms with Gasteiger partial charge in [0.25, 0.3) is 5.69 Å². The minimum atomic E-state index is -2.02. The Morgan fingerprint density at radius 3 is 2.29 bits per heavy atom. The third kappa shape index (κ3) is 3.17. The van der Waals surface area contributed by atoms with Gasteiger partial charge in [-0.3, -0.25) is 19.7 Å². The molecule has 0 aliphatic carbocycles. The molecule has 0 amide bonds. The van der Waals surface area contributed by atoms with Crippen molar-refractivity contribution in [1.82, 2.24) is 0 Å². The van der Waals surface area contributed by atoms with E-state index in [4.69, 9.17) is 14.9 Å². The second kappa shape index (κ2) is 6.78. The molecule has 0 aliphatic rings. The summed E-state index contributed by atoms with van der Waals surface area (Å²) in [6.45, 7) is 0. The van der Waals surface area contributed by atoms with Crippen molar-refractivity contribution in [2.75, 3.05) is 7.11 Å². The fourth-order valence-electron chi connectivity index (χ4n) is 2.37. The Hall–Kier alpha value is -3.42. The van der Waals surface area contributed by atoms with Crippen molar-refractivity contribution in [1.29, 1.82) is 0 Å². The summed E-state index contributed by atoms with van der Waals surface area (Å²) >= 11 is 0. The van der Waals surface area contributed by atoms with Crippen molar-refractivity contribution in [2.45, 2.75) is 5.92 Å². The average Bonchev–Trinajstić information content (AvgIpc) is 2.54. The van der Waals surface area contributed by atoms with Crippen molar-refractivity contribution in [3.05, 3.63) is 58.1 Å². The second-order valence-electron chi connectivity index (χ2n) is 4.84. The lowest BCUT2D eigenvalue weighted by Gasteiger charge is -2.12. The van der Waals surface area contributed by atoms with Crippen LogP contribution in [0, 0.1) is 10.1 Å². The number of carbonyl (C=O) groups is 2. The monoisotopic (exact) mass is 331 g/mol. The Morgan fingerprint density at radius 1 is 1.12 bits per heavy atom. The van der Waals surface area contributed by atoms with Crippen molar-refractivity contribution >= 4 is 17.6 Å². The standard InChI is InChI=1S/C16H13NO7/c1-24-13-5-3-2-4-10(13)9-6-7-11(12(8-9)17(22)23)14(15(18)19)16(20)21/h2-8,14H,1H3,(H,18,19)(H,20,21). The van der Waals surface area contributed by atoms with E-state index < -0.39 is 34.0 Å². The number of hydrogen-bond acceptors (Lipinski definition) is 5. The Morgan fingerprint density at radius 2 is 1.75 bits per heavy atom. The van der Waals surface area contributed by atoms with Gasteiger partial charge in [-0.2, -0.15) is 0 Å². The number of ether oxygens (including phenoxy) is 1. The van der Waals surface area contributed by atoms with Gasteiger partial charge in [0.1, 0.15) is 5.75 Å². The molecule has 2 N–H and O–H groups in total. The summed E-state index contributed by atoms with van der Waals surface area (Å²) in [7, 11) is 1.45. The van der Waals surface area contributed by atoms with Gasteiger partial charge < -0.3 is 14.9 Å². The normalized spacial score (nSPS) is 10.4. The van der Waals surface area contributed by atoms with Crippen molar-refractivity contribution in [3.63, 3.8) is 0 Å². The van der Waals surface area contributed by atoms with Crippen LogP contribution in [0.1, 0.15) is 11.5 Å². The fraction of sp³-hybridized carbons (Fsp3) is 0.125. The highest BCUT2D eigenvalue weighted by Crippen LogP contribution is 2.35. The minimum absolute atomic E-state index is 0.390. The van der Waals surface area contributed by atoms with E-state index in [2.05, 4.69) is 0 Å². The topological polar surface area (TPSA) is 127 Å². The van der Waals surface area contributed by atoms with Crippen molar-refractivity contribution < 1.29 is 29.5 Å². The molecule has 2 aromatic rings. The molecule has 0 bridgehead atoms. The first-order valence-corrected chi connectivity index (χ1v) is 6.74. The zero-order valence-electron chi connectivity index (χ0n) is 12.5. The highest BCUT2D eigenvalue weighted by Gasteiger charge is 2.34. The Balaban J connectivity index is 2.65. The van der Waals surface area contributed by atoms with Crippen molar-refractivity contribution in [3.8, 4) is 16.9 Å². The first-order valence-electron chi connectivity index (χ1n) is 6.74. The molecule has 24 heavy (non-hydrogen) atoms. The number of aliphatic carboxylic acids is 2. The molecule has 124 valence electrons. The fourth-order valence-corrected chi connectivity index (χ4v) is 2.37. The number of rotatable bonds is 6. The molecule has 0 heterocycles. The lowest BCUT2D eigenvalue weighted by molar-refractivity contribution is -0.385.